The highest BCUT2D eigenvalue weighted by molar-refractivity contribution is 7.89. The molecule has 2 aromatic carbocycles. The number of benzene rings is 2. The monoisotopic (exact) mass is 417 g/mol. The lowest BCUT2D eigenvalue weighted by atomic mass is 10.1. The van der Waals surface area contributed by atoms with E-state index < -0.39 is 27.9 Å². The first kappa shape index (κ1) is 19.2. The molecule has 0 spiro atoms. The van der Waals surface area contributed by atoms with Crippen molar-refractivity contribution in [2.45, 2.75) is 17.4 Å². The maximum absolute atomic E-state index is 13.0. The fourth-order valence-corrected chi connectivity index (χ4v) is 4.87. The third kappa shape index (κ3) is 3.89. The number of hydrogen-bond acceptors (Lipinski definition) is 6. The Morgan fingerprint density at radius 2 is 1.90 bits per heavy atom. The largest absolute Gasteiger partial charge is 0.454 e. The number of nitrogens with zero attached hydrogens (tertiary/aromatic N) is 1. The molecule has 2 amide bonds. The van der Waals surface area contributed by atoms with Crippen LogP contribution in [0.5, 0.6) is 11.5 Å². The Morgan fingerprint density at radius 1 is 1.14 bits per heavy atom. The molecule has 1 fully saturated rings. The SMILES string of the molecule is O=C(CC1C(=O)NCCN1S(=O)(=O)c1ccccc1)Nc1ccc2c(c1)OCO2. The number of carbonyl (C=O) groups excluding carboxylic acids is 2. The Bertz CT molecular complexity index is 1040. The van der Waals surface area contributed by atoms with E-state index in [2.05, 4.69) is 10.6 Å². The molecule has 2 aromatic rings. The predicted octanol–water partition coefficient (Wildman–Crippen LogP) is 0.933. The van der Waals surface area contributed by atoms with Crippen LogP contribution in [0.15, 0.2) is 53.4 Å². The zero-order chi connectivity index (χ0) is 20.4. The minimum Gasteiger partial charge on any atom is -0.454 e. The van der Waals surface area contributed by atoms with Crippen molar-refractivity contribution in [3.63, 3.8) is 0 Å². The quantitative estimate of drug-likeness (QED) is 0.748. The van der Waals surface area contributed by atoms with Crippen LogP contribution in [0.4, 0.5) is 5.69 Å². The summed E-state index contributed by atoms with van der Waals surface area (Å²) in [6, 6.07) is 11.6. The standard InChI is InChI=1S/C19H19N3O6S/c23-18(21-13-6-7-16-17(10-13)28-12-27-16)11-15-19(24)20-8-9-22(15)29(25,26)14-4-2-1-3-5-14/h1-7,10,15H,8-9,11-12H2,(H,20,24)(H,21,23). The summed E-state index contributed by atoms with van der Waals surface area (Å²) in [6.07, 6.45) is -0.313. The number of nitrogens with one attached hydrogen (secondary N) is 2. The van der Waals surface area contributed by atoms with Gasteiger partial charge in [0, 0.05) is 24.8 Å². The van der Waals surface area contributed by atoms with E-state index in [1.54, 1.807) is 36.4 Å². The number of carbonyl (C=O) groups is 2. The van der Waals surface area contributed by atoms with E-state index in [9.17, 15) is 18.0 Å². The number of sulfonamides is 1. The van der Waals surface area contributed by atoms with E-state index in [1.165, 1.54) is 12.1 Å². The van der Waals surface area contributed by atoms with Crippen molar-refractivity contribution in [1.82, 2.24) is 9.62 Å². The average molecular weight is 417 g/mol. The number of rotatable bonds is 5. The number of hydrogen-bond donors (Lipinski definition) is 2. The summed E-state index contributed by atoms with van der Waals surface area (Å²) in [5, 5.41) is 5.30. The van der Waals surface area contributed by atoms with Crippen LogP contribution in [0.25, 0.3) is 0 Å². The topological polar surface area (TPSA) is 114 Å². The minimum atomic E-state index is -3.91. The minimum absolute atomic E-state index is 0.0795. The molecule has 2 heterocycles. The van der Waals surface area contributed by atoms with E-state index in [0.29, 0.717) is 17.2 Å². The zero-order valence-electron chi connectivity index (χ0n) is 15.3. The van der Waals surface area contributed by atoms with Crippen LogP contribution in [0, 0.1) is 0 Å². The lowest BCUT2D eigenvalue weighted by Gasteiger charge is -2.33. The smallest absolute Gasteiger partial charge is 0.243 e. The second-order valence-corrected chi connectivity index (χ2v) is 8.45. The van der Waals surface area contributed by atoms with Gasteiger partial charge in [-0.05, 0) is 24.3 Å². The molecule has 0 aliphatic carbocycles. The van der Waals surface area contributed by atoms with Gasteiger partial charge in [0.05, 0.1) is 11.3 Å². The summed E-state index contributed by atoms with van der Waals surface area (Å²) in [5.74, 6) is 0.0945. The molecule has 0 radical (unpaired) electrons. The third-order valence-corrected chi connectivity index (χ3v) is 6.59. The highest BCUT2D eigenvalue weighted by atomic mass is 32.2. The van der Waals surface area contributed by atoms with E-state index in [0.717, 1.165) is 4.31 Å². The first-order valence-electron chi connectivity index (χ1n) is 8.99. The molecule has 10 heteroatoms. The van der Waals surface area contributed by atoms with Gasteiger partial charge in [0.15, 0.2) is 11.5 Å². The zero-order valence-corrected chi connectivity index (χ0v) is 16.1. The molecule has 0 aromatic heterocycles. The summed E-state index contributed by atoms with van der Waals surface area (Å²) in [7, 11) is -3.91. The maximum atomic E-state index is 13.0. The van der Waals surface area contributed by atoms with Crippen molar-refractivity contribution in [2.24, 2.45) is 0 Å². The number of anilines is 1. The fourth-order valence-electron chi connectivity index (χ4n) is 3.27. The number of amides is 2. The summed E-state index contributed by atoms with van der Waals surface area (Å²) in [4.78, 5) is 25.0. The lowest BCUT2D eigenvalue weighted by Crippen LogP contribution is -2.57. The molecule has 0 bridgehead atoms. The van der Waals surface area contributed by atoms with Crippen molar-refractivity contribution in [3.05, 3.63) is 48.5 Å². The van der Waals surface area contributed by atoms with Crippen LogP contribution in [0.3, 0.4) is 0 Å². The maximum Gasteiger partial charge on any atom is 0.243 e. The molecule has 152 valence electrons. The molecule has 0 saturated carbocycles. The van der Waals surface area contributed by atoms with E-state index >= 15 is 0 Å². The van der Waals surface area contributed by atoms with Gasteiger partial charge in [0.1, 0.15) is 6.04 Å². The summed E-state index contributed by atoms with van der Waals surface area (Å²) in [5.41, 5.74) is 0.466. The van der Waals surface area contributed by atoms with Gasteiger partial charge in [-0.3, -0.25) is 9.59 Å². The van der Waals surface area contributed by atoms with Crippen LogP contribution in [0.1, 0.15) is 6.42 Å². The molecule has 4 rings (SSSR count). The molecular formula is C19H19N3O6S. The Hall–Kier alpha value is -3.11. The van der Waals surface area contributed by atoms with Gasteiger partial charge in [0.2, 0.25) is 28.6 Å². The third-order valence-electron chi connectivity index (χ3n) is 4.67. The normalized spacial score (nSPS) is 18.9. The van der Waals surface area contributed by atoms with Crippen LogP contribution in [-0.2, 0) is 19.6 Å². The molecular weight excluding hydrogens is 398 g/mol. The summed E-state index contributed by atoms with van der Waals surface area (Å²) < 4.78 is 37.6. The molecule has 2 aliphatic rings. The van der Waals surface area contributed by atoms with Gasteiger partial charge >= 0.3 is 0 Å². The average Bonchev–Trinajstić information content (AvgIpc) is 3.18. The second kappa shape index (κ2) is 7.72. The van der Waals surface area contributed by atoms with Crippen molar-refractivity contribution >= 4 is 27.5 Å². The van der Waals surface area contributed by atoms with Gasteiger partial charge in [0.25, 0.3) is 0 Å². The van der Waals surface area contributed by atoms with Crippen LogP contribution in [-0.4, -0.2) is 50.5 Å². The van der Waals surface area contributed by atoms with Crippen molar-refractivity contribution in [2.75, 3.05) is 25.2 Å². The Morgan fingerprint density at radius 3 is 2.69 bits per heavy atom. The van der Waals surface area contributed by atoms with Gasteiger partial charge in [-0.25, -0.2) is 8.42 Å². The first-order chi connectivity index (χ1) is 13.9. The molecule has 1 atom stereocenters. The molecule has 1 unspecified atom stereocenters. The number of piperazine rings is 1. The molecule has 29 heavy (non-hydrogen) atoms. The number of fused-ring (bicyclic) bond motifs is 1. The van der Waals surface area contributed by atoms with Crippen molar-refractivity contribution < 1.29 is 27.5 Å². The van der Waals surface area contributed by atoms with Crippen molar-refractivity contribution in [1.29, 1.82) is 0 Å². The Labute approximate surface area is 167 Å². The van der Waals surface area contributed by atoms with Crippen LogP contribution >= 0.6 is 0 Å². The van der Waals surface area contributed by atoms with Gasteiger partial charge in [-0.2, -0.15) is 4.31 Å². The van der Waals surface area contributed by atoms with Crippen LogP contribution in [0.2, 0.25) is 0 Å². The van der Waals surface area contributed by atoms with Gasteiger partial charge in [-0.1, -0.05) is 18.2 Å². The number of ether oxygens (including phenoxy) is 2. The first-order valence-corrected chi connectivity index (χ1v) is 10.4. The predicted molar refractivity (Wildman–Crippen MR) is 103 cm³/mol. The van der Waals surface area contributed by atoms with Crippen molar-refractivity contribution in [3.8, 4) is 11.5 Å². The Kier molecular flexibility index (Phi) is 5.12. The van der Waals surface area contributed by atoms with Crippen LogP contribution < -0.4 is 20.1 Å². The van der Waals surface area contributed by atoms with E-state index in [1.807, 2.05) is 0 Å². The fraction of sp³-hybridized carbons (Fsp3) is 0.263. The highest BCUT2D eigenvalue weighted by Crippen LogP contribution is 2.34. The summed E-state index contributed by atoms with van der Waals surface area (Å²) in [6.45, 7) is 0.386. The molecule has 2 N–H and O–H groups in total. The van der Waals surface area contributed by atoms with Gasteiger partial charge in [-0.15, -0.1) is 0 Å². The van der Waals surface area contributed by atoms with Gasteiger partial charge < -0.3 is 20.1 Å². The summed E-state index contributed by atoms with van der Waals surface area (Å²) >= 11 is 0. The van der Waals surface area contributed by atoms with E-state index in [4.69, 9.17) is 9.47 Å². The second-order valence-electron chi connectivity index (χ2n) is 6.56. The molecule has 9 nitrogen and oxygen atoms in total. The molecule has 1 saturated heterocycles. The molecule has 2 aliphatic heterocycles. The highest BCUT2D eigenvalue weighted by Gasteiger charge is 2.39. The Balaban J connectivity index is 1.52. The lowest BCUT2D eigenvalue weighted by molar-refractivity contribution is -0.130. The van der Waals surface area contributed by atoms with E-state index in [-0.39, 0.29) is 31.2 Å².